The molecule has 2 unspecified atom stereocenters. The van der Waals surface area contributed by atoms with E-state index in [2.05, 4.69) is 0 Å². The smallest absolute Gasteiger partial charge is 0.273 e. The minimum absolute atomic E-state index is 0.179. The molecule has 10 heteroatoms. The van der Waals surface area contributed by atoms with Crippen LogP contribution >= 0.6 is 0 Å². The molecule has 1 heterocycles. The second-order valence-electron chi connectivity index (χ2n) is 4.30. The number of aliphatic hydroxyl groups is 7. The Hall–Kier alpha value is -2.30. The van der Waals surface area contributed by atoms with Gasteiger partial charge in [0.2, 0.25) is 11.5 Å². The quantitative estimate of drug-likeness (QED) is 0.270. The summed E-state index contributed by atoms with van der Waals surface area (Å²) in [7, 11) is 0. The van der Waals surface area contributed by atoms with Crippen LogP contribution in [0.5, 0.6) is 0 Å². The van der Waals surface area contributed by atoms with Crippen LogP contribution < -0.4 is 0 Å². The SMILES string of the molecule is O=C1N(CCO)C(=O)C2(O)C(O)=C(O)C(O)=C(O)C12O. The first-order valence-corrected chi connectivity index (χ1v) is 5.33. The number of fused-ring (bicyclic) bond motifs is 1. The third-order valence-electron chi connectivity index (χ3n) is 3.31. The normalized spacial score (nSPS) is 34.0. The molecule has 0 aromatic heterocycles. The van der Waals surface area contributed by atoms with Crippen molar-refractivity contribution in [3.05, 3.63) is 23.0 Å². The van der Waals surface area contributed by atoms with Crippen molar-refractivity contribution < 1.29 is 45.3 Å². The van der Waals surface area contributed by atoms with E-state index in [1.165, 1.54) is 0 Å². The van der Waals surface area contributed by atoms with Gasteiger partial charge in [-0.2, -0.15) is 0 Å². The highest BCUT2D eigenvalue weighted by Gasteiger charge is 2.76. The van der Waals surface area contributed by atoms with Gasteiger partial charge >= 0.3 is 0 Å². The van der Waals surface area contributed by atoms with Crippen molar-refractivity contribution in [2.75, 3.05) is 13.2 Å². The van der Waals surface area contributed by atoms with Crippen LogP contribution in [-0.2, 0) is 9.59 Å². The highest BCUT2D eigenvalue weighted by atomic mass is 16.4. The zero-order valence-electron chi connectivity index (χ0n) is 9.81. The molecule has 10 nitrogen and oxygen atoms in total. The van der Waals surface area contributed by atoms with Gasteiger partial charge in [-0.3, -0.25) is 14.5 Å². The van der Waals surface area contributed by atoms with Crippen LogP contribution in [0.25, 0.3) is 0 Å². The van der Waals surface area contributed by atoms with E-state index >= 15 is 0 Å². The minimum atomic E-state index is -3.39. The third-order valence-corrected chi connectivity index (χ3v) is 3.31. The van der Waals surface area contributed by atoms with Gasteiger partial charge in [0, 0.05) is 0 Å². The van der Waals surface area contributed by atoms with Crippen molar-refractivity contribution in [2.24, 2.45) is 0 Å². The number of nitrogens with zero attached hydrogens (tertiary/aromatic N) is 1. The fraction of sp³-hybridized carbons (Fsp3) is 0.400. The lowest BCUT2D eigenvalue weighted by atomic mass is 9.77. The summed E-state index contributed by atoms with van der Waals surface area (Å²) in [6.45, 7) is -1.35. The molecule has 0 aromatic rings. The van der Waals surface area contributed by atoms with Gasteiger partial charge in [-0.25, -0.2) is 0 Å². The van der Waals surface area contributed by atoms with Crippen LogP contribution in [0.15, 0.2) is 23.0 Å². The second-order valence-corrected chi connectivity index (χ2v) is 4.30. The van der Waals surface area contributed by atoms with Crippen molar-refractivity contribution in [1.29, 1.82) is 0 Å². The van der Waals surface area contributed by atoms with Crippen LogP contribution in [0.4, 0.5) is 0 Å². The fourth-order valence-corrected chi connectivity index (χ4v) is 2.21. The standard InChI is InChI=1S/C10H11NO9/c12-2-1-11-7(17)9(19)5(15)3(13)4(14)6(16)10(9,20)8(11)18/h12-16,19-20H,1-2H2. The first-order chi connectivity index (χ1) is 9.15. The molecule has 0 radical (unpaired) electrons. The van der Waals surface area contributed by atoms with Crippen molar-refractivity contribution >= 4 is 11.8 Å². The van der Waals surface area contributed by atoms with Gasteiger partial charge in [0.25, 0.3) is 23.0 Å². The van der Waals surface area contributed by atoms with E-state index in [-0.39, 0.29) is 4.90 Å². The first kappa shape index (κ1) is 14.1. The Morgan fingerprint density at radius 3 is 1.50 bits per heavy atom. The van der Waals surface area contributed by atoms with E-state index < -0.39 is 59.2 Å². The monoisotopic (exact) mass is 289 g/mol. The number of carbonyl (C=O) groups is 2. The fourth-order valence-electron chi connectivity index (χ4n) is 2.21. The summed E-state index contributed by atoms with van der Waals surface area (Å²) >= 11 is 0. The Kier molecular flexibility index (Phi) is 2.72. The molecular formula is C10H11NO9. The van der Waals surface area contributed by atoms with Crippen molar-refractivity contribution in [3.63, 3.8) is 0 Å². The molecule has 2 aliphatic rings. The van der Waals surface area contributed by atoms with E-state index in [1.807, 2.05) is 0 Å². The summed E-state index contributed by atoms with van der Waals surface area (Å²) in [5.41, 5.74) is -6.78. The van der Waals surface area contributed by atoms with Gasteiger partial charge in [0.05, 0.1) is 13.2 Å². The lowest BCUT2D eigenvalue weighted by Gasteiger charge is -2.35. The van der Waals surface area contributed by atoms with Crippen LogP contribution in [0.2, 0.25) is 0 Å². The van der Waals surface area contributed by atoms with Gasteiger partial charge in [-0.15, -0.1) is 0 Å². The van der Waals surface area contributed by atoms with Gasteiger partial charge in [0.15, 0.2) is 11.5 Å². The predicted octanol–water partition coefficient (Wildman–Crippen LogP) is -2.52. The third kappa shape index (κ3) is 1.18. The number of likely N-dealkylation sites (tertiary alicyclic amines) is 1. The highest BCUT2D eigenvalue weighted by Crippen LogP contribution is 2.47. The van der Waals surface area contributed by atoms with Gasteiger partial charge in [-0.1, -0.05) is 0 Å². The van der Waals surface area contributed by atoms with E-state index in [4.69, 9.17) is 5.11 Å². The Morgan fingerprint density at radius 2 is 1.20 bits per heavy atom. The van der Waals surface area contributed by atoms with E-state index in [0.29, 0.717) is 0 Å². The molecule has 0 bridgehead atoms. The highest BCUT2D eigenvalue weighted by molar-refractivity contribution is 6.16. The lowest BCUT2D eigenvalue weighted by molar-refractivity contribution is -0.166. The average Bonchev–Trinajstić information content (AvgIpc) is 2.58. The molecule has 110 valence electrons. The molecule has 1 aliphatic heterocycles. The maximum absolute atomic E-state index is 11.9. The Bertz CT molecular complexity index is 531. The molecule has 0 spiro atoms. The van der Waals surface area contributed by atoms with Crippen LogP contribution in [0, 0.1) is 0 Å². The van der Waals surface area contributed by atoms with Crippen molar-refractivity contribution in [3.8, 4) is 0 Å². The van der Waals surface area contributed by atoms with Gasteiger partial charge < -0.3 is 35.7 Å². The Morgan fingerprint density at radius 1 is 0.850 bits per heavy atom. The van der Waals surface area contributed by atoms with E-state index in [9.17, 15) is 40.2 Å². The molecule has 1 fully saturated rings. The van der Waals surface area contributed by atoms with Crippen LogP contribution in [0.3, 0.4) is 0 Å². The number of rotatable bonds is 2. The van der Waals surface area contributed by atoms with Crippen LogP contribution in [0.1, 0.15) is 0 Å². The molecule has 2 atom stereocenters. The number of hydrogen-bond donors (Lipinski definition) is 7. The lowest BCUT2D eigenvalue weighted by Crippen LogP contribution is -2.61. The average molecular weight is 289 g/mol. The van der Waals surface area contributed by atoms with E-state index in [0.717, 1.165) is 0 Å². The zero-order valence-corrected chi connectivity index (χ0v) is 9.81. The molecule has 1 saturated heterocycles. The molecule has 0 saturated carbocycles. The first-order valence-electron chi connectivity index (χ1n) is 5.33. The summed E-state index contributed by atoms with van der Waals surface area (Å²) in [6, 6.07) is 0. The molecule has 2 amide bonds. The maximum atomic E-state index is 11.9. The molecule has 2 rings (SSSR count). The summed E-state index contributed by atoms with van der Waals surface area (Å²) in [6.07, 6.45) is 0. The number of aliphatic hydroxyl groups excluding tert-OH is 5. The molecular weight excluding hydrogens is 278 g/mol. The number of imide groups is 1. The Balaban J connectivity index is 2.76. The molecule has 1 aliphatic carbocycles. The molecule has 0 aromatic carbocycles. The van der Waals surface area contributed by atoms with Crippen LogP contribution in [-0.4, -0.2) is 76.8 Å². The summed E-state index contributed by atoms with van der Waals surface area (Å²) in [5, 5.41) is 66.8. The van der Waals surface area contributed by atoms with Crippen molar-refractivity contribution in [2.45, 2.75) is 11.2 Å². The number of amides is 2. The number of carbonyl (C=O) groups excluding carboxylic acids is 2. The summed E-state index contributed by atoms with van der Waals surface area (Å²) in [4.78, 5) is 24.1. The molecule has 7 N–H and O–H groups in total. The number of hydrogen-bond acceptors (Lipinski definition) is 9. The predicted molar refractivity (Wildman–Crippen MR) is 58.3 cm³/mol. The summed E-state index contributed by atoms with van der Waals surface area (Å²) in [5.74, 6) is -9.23. The topological polar surface area (TPSA) is 179 Å². The van der Waals surface area contributed by atoms with Gasteiger partial charge in [-0.05, 0) is 0 Å². The summed E-state index contributed by atoms with van der Waals surface area (Å²) < 4.78 is 0. The molecule has 20 heavy (non-hydrogen) atoms. The maximum Gasteiger partial charge on any atom is 0.273 e. The van der Waals surface area contributed by atoms with E-state index in [1.54, 1.807) is 0 Å². The zero-order chi connectivity index (χ0) is 15.5. The van der Waals surface area contributed by atoms with Crippen molar-refractivity contribution in [1.82, 2.24) is 4.90 Å². The van der Waals surface area contributed by atoms with Gasteiger partial charge in [0.1, 0.15) is 0 Å². The second kappa shape index (κ2) is 3.85. The Labute approximate surface area is 110 Å². The number of β-amino-alcohol motifs (C(OH)–C–C–N with tert-alkyl or cyclic N) is 1. The largest absolute Gasteiger partial charge is 0.505 e. The minimum Gasteiger partial charge on any atom is -0.505 e.